The van der Waals surface area contributed by atoms with Crippen LogP contribution in [0.25, 0.3) is 0 Å². The number of carbonyl (C=O) groups is 1. The van der Waals surface area contributed by atoms with Crippen LogP contribution in [0.2, 0.25) is 0 Å². The summed E-state index contributed by atoms with van der Waals surface area (Å²) in [4.78, 5) is 13.1. The Balaban J connectivity index is 1.38. The number of hydrogen-bond donors (Lipinski definition) is 2. The molecular formula is C23H30N4O3. The molecule has 5 rings (SSSR count). The van der Waals surface area contributed by atoms with E-state index in [0.717, 1.165) is 12.2 Å². The van der Waals surface area contributed by atoms with Crippen LogP contribution in [0.15, 0.2) is 24.4 Å². The van der Waals surface area contributed by atoms with E-state index in [1.807, 2.05) is 22.9 Å². The zero-order valence-corrected chi connectivity index (χ0v) is 17.7. The molecule has 3 heterocycles. The van der Waals surface area contributed by atoms with Crippen molar-refractivity contribution in [3.8, 4) is 11.5 Å². The largest absolute Gasteiger partial charge is 0.486 e. The maximum absolute atomic E-state index is 13.1. The lowest BCUT2D eigenvalue weighted by Gasteiger charge is -2.42. The third-order valence-electron chi connectivity index (χ3n) is 6.65. The minimum absolute atomic E-state index is 0.127. The molecule has 1 fully saturated rings. The molecule has 2 aromatic rings. The zero-order chi connectivity index (χ0) is 20.7. The van der Waals surface area contributed by atoms with Crippen molar-refractivity contribution in [3.63, 3.8) is 0 Å². The number of amides is 1. The molecule has 7 nitrogen and oxygen atoms in total. The second-order valence-corrected chi connectivity index (χ2v) is 9.30. The fraction of sp³-hybridized carbons (Fsp3) is 0.565. The first-order valence-electron chi connectivity index (χ1n) is 11.1. The van der Waals surface area contributed by atoms with Crippen LogP contribution in [0.3, 0.4) is 0 Å². The first-order valence-corrected chi connectivity index (χ1v) is 11.1. The molecule has 7 heteroatoms. The Bertz CT molecular complexity index is 946. The van der Waals surface area contributed by atoms with Crippen molar-refractivity contribution >= 4 is 17.4 Å². The highest BCUT2D eigenvalue weighted by Gasteiger charge is 2.39. The van der Waals surface area contributed by atoms with Crippen LogP contribution in [0.4, 0.5) is 11.5 Å². The number of rotatable bonds is 3. The van der Waals surface area contributed by atoms with E-state index in [4.69, 9.17) is 9.47 Å². The summed E-state index contributed by atoms with van der Waals surface area (Å²) < 4.78 is 13.2. The molecule has 0 spiro atoms. The average Bonchev–Trinajstić information content (AvgIpc) is 3.19. The molecule has 1 aromatic carbocycles. The van der Waals surface area contributed by atoms with Gasteiger partial charge in [-0.1, -0.05) is 19.3 Å². The summed E-state index contributed by atoms with van der Waals surface area (Å²) in [6.45, 7) is 5.49. The van der Waals surface area contributed by atoms with Gasteiger partial charge in [-0.15, -0.1) is 0 Å². The summed E-state index contributed by atoms with van der Waals surface area (Å²) in [6.07, 6.45) is 9.19. The van der Waals surface area contributed by atoms with Gasteiger partial charge >= 0.3 is 0 Å². The standard InChI is InChI=1S/C23H30N4O3/c1-23(2)13-18(15-6-4-3-5-7-15)26-21-17(14-24-27(21)23)22(28)25-16-8-9-19-20(12-16)30-11-10-29-19/h8-9,12,14-15,18,26H,3-7,10-11,13H2,1-2H3,(H,25,28). The first kappa shape index (κ1) is 19.3. The Kier molecular flexibility index (Phi) is 4.83. The number of benzene rings is 1. The van der Waals surface area contributed by atoms with E-state index in [-0.39, 0.29) is 11.4 Å². The van der Waals surface area contributed by atoms with Gasteiger partial charge in [0.25, 0.3) is 5.91 Å². The van der Waals surface area contributed by atoms with E-state index in [1.165, 1.54) is 32.1 Å². The van der Waals surface area contributed by atoms with E-state index in [1.54, 1.807) is 6.20 Å². The van der Waals surface area contributed by atoms with Crippen molar-refractivity contribution in [1.82, 2.24) is 9.78 Å². The SMILES string of the molecule is CC1(C)CC(C2CCCCC2)Nc2c(C(=O)Nc3ccc4c(c3)OCCO4)cnn21. The summed E-state index contributed by atoms with van der Waals surface area (Å²) in [5.41, 5.74) is 1.14. The summed E-state index contributed by atoms with van der Waals surface area (Å²) in [7, 11) is 0. The molecule has 1 unspecified atom stereocenters. The molecule has 2 N–H and O–H groups in total. The van der Waals surface area contributed by atoms with Gasteiger partial charge in [-0.3, -0.25) is 4.79 Å². The minimum Gasteiger partial charge on any atom is -0.486 e. The van der Waals surface area contributed by atoms with Crippen molar-refractivity contribution < 1.29 is 14.3 Å². The Morgan fingerprint density at radius 2 is 1.93 bits per heavy atom. The number of aromatic nitrogens is 2. The van der Waals surface area contributed by atoms with Gasteiger partial charge in [-0.25, -0.2) is 4.68 Å². The second kappa shape index (κ2) is 7.52. The lowest BCUT2D eigenvalue weighted by molar-refractivity contribution is 0.102. The quantitative estimate of drug-likeness (QED) is 0.784. The lowest BCUT2D eigenvalue weighted by atomic mass is 9.78. The van der Waals surface area contributed by atoms with Gasteiger partial charge in [0.15, 0.2) is 11.5 Å². The van der Waals surface area contributed by atoms with Gasteiger partial charge in [0.1, 0.15) is 24.6 Å². The lowest BCUT2D eigenvalue weighted by Crippen LogP contribution is -2.45. The summed E-state index contributed by atoms with van der Waals surface area (Å²) in [6, 6.07) is 5.86. The number of nitrogens with one attached hydrogen (secondary N) is 2. The van der Waals surface area contributed by atoms with Crippen LogP contribution in [0, 0.1) is 5.92 Å². The summed E-state index contributed by atoms with van der Waals surface area (Å²) >= 11 is 0. The van der Waals surface area contributed by atoms with Crippen LogP contribution >= 0.6 is 0 Å². The molecule has 1 atom stereocenters. The fourth-order valence-electron chi connectivity index (χ4n) is 5.10. The number of ether oxygens (including phenoxy) is 2. The van der Waals surface area contributed by atoms with Gasteiger partial charge < -0.3 is 20.1 Å². The number of fused-ring (bicyclic) bond motifs is 2. The predicted molar refractivity (Wildman–Crippen MR) is 116 cm³/mol. The van der Waals surface area contributed by atoms with Crippen LogP contribution in [0.5, 0.6) is 11.5 Å². The van der Waals surface area contributed by atoms with Crippen LogP contribution in [0.1, 0.15) is 62.7 Å². The zero-order valence-electron chi connectivity index (χ0n) is 17.7. The van der Waals surface area contributed by atoms with Gasteiger partial charge in [0, 0.05) is 17.8 Å². The molecule has 2 aliphatic heterocycles. The maximum Gasteiger partial charge on any atom is 0.261 e. The predicted octanol–water partition coefficient (Wildman–Crippen LogP) is 4.41. The van der Waals surface area contributed by atoms with Crippen molar-refractivity contribution in [2.75, 3.05) is 23.8 Å². The highest BCUT2D eigenvalue weighted by molar-refractivity contribution is 6.07. The van der Waals surface area contributed by atoms with Crippen molar-refractivity contribution in [2.24, 2.45) is 5.92 Å². The third-order valence-corrected chi connectivity index (χ3v) is 6.65. The molecule has 1 saturated carbocycles. The summed E-state index contributed by atoms with van der Waals surface area (Å²) in [5.74, 6) is 2.70. The van der Waals surface area contributed by atoms with Crippen molar-refractivity contribution in [3.05, 3.63) is 30.0 Å². The Morgan fingerprint density at radius 1 is 1.17 bits per heavy atom. The smallest absolute Gasteiger partial charge is 0.261 e. The number of hydrogen-bond acceptors (Lipinski definition) is 5. The van der Waals surface area contributed by atoms with Gasteiger partial charge in [-0.05, 0) is 51.2 Å². The van der Waals surface area contributed by atoms with Crippen LogP contribution < -0.4 is 20.1 Å². The Morgan fingerprint density at radius 3 is 2.73 bits per heavy atom. The number of anilines is 2. The molecule has 1 amide bonds. The third kappa shape index (κ3) is 3.50. The molecule has 1 aromatic heterocycles. The van der Waals surface area contributed by atoms with Gasteiger partial charge in [0.05, 0.1) is 11.7 Å². The molecule has 1 aliphatic carbocycles. The van der Waals surface area contributed by atoms with Crippen LogP contribution in [-0.4, -0.2) is 34.9 Å². The maximum atomic E-state index is 13.1. The molecular weight excluding hydrogens is 380 g/mol. The monoisotopic (exact) mass is 410 g/mol. The number of nitrogens with zero attached hydrogens (tertiary/aromatic N) is 2. The van der Waals surface area contributed by atoms with E-state index < -0.39 is 0 Å². The first-order chi connectivity index (χ1) is 14.5. The highest BCUT2D eigenvalue weighted by atomic mass is 16.6. The van der Waals surface area contributed by atoms with Gasteiger partial charge in [-0.2, -0.15) is 5.10 Å². The summed E-state index contributed by atoms with van der Waals surface area (Å²) in [5, 5.41) is 11.3. The van der Waals surface area contributed by atoms with Crippen LogP contribution in [-0.2, 0) is 5.54 Å². The van der Waals surface area contributed by atoms with E-state index in [2.05, 4.69) is 29.6 Å². The second-order valence-electron chi connectivity index (χ2n) is 9.30. The Labute approximate surface area is 177 Å². The molecule has 3 aliphatic rings. The Hall–Kier alpha value is -2.70. The fourth-order valence-corrected chi connectivity index (χ4v) is 5.10. The molecule has 160 valence electrons. The molecule has 30 heavy (non-hydrogen) atoms. The molecule has 0 radical (unpaired) electrons. The number of carbonyl (C=O) groups excluding carboxylic acids is 1. The minimum atomic E-state index is -0.166. The normalized spacial score (nSPS) is 22.7. The van der Waals surface area contributed by atoms with Gasteiger partial charge in [0.2, 0.25) is 0 Å². The highest BCUT2D eigenvalue weighted by Crippen LogP contribution is 2.40. The topological polar surface area (TPSA) is 77.4 Å². The van der Waals surface area contributed by atoms with E-state index >= 15 is 0 Å². The van der Waals surface area contributed by atoms with Crippen molar-refractivity contribution in [1.29, 1.82) is 0 Å². The molecule has 0 saturated heterocycles. The molecule has 0 bridgehead atoms. The van der Waals surface area contributed by atoms with Crippen molar-refractivity contribution in [2.45, 2.75) is 64.0 Å². The van der Waals surface area contributed by atoms with E-state index in [9.17, 15) is 4.79 Å². The van der Waals surface area contributed by atoms with E-state index in [0.29, 0.717) is 47.9 Å². The average molecular weight is 411 g/mol.